The largest absolute Gasteiger partial charge is 0.352 e. The fourth-order valence-electron chi connectivity index (χ4n) is 2.77. The summed E-state index contributed by atoms with van der Waals surface area (Å²) in [6.45, 7) is 0.506. The summed E-state index contributed by atoms with van der Waals surface area (Å²) >= 11 is 1.57. The van der Waals surface area contributed by atoms with Crippen LogP contribution in [0.1, 0.15) is 22.3 Å². The van der Waals surface area contributed by atoms with Gasteiger partial charge in [-0.15, -0.1) is 11.3 Å². The molecular weight excluding hydrogens is 365 g/mol. The van der Waals surface area contributed by atoms with Crippen LogP contribution in [0, 0.1) is 5.95 Å². The number of hydrogen-bond donors (Lipinski definition) is 2. The zero-order valence-electron chi connectivity index (χ0n) is 14.3. The second-order valence-electron chi connectivity index (χ2n) is 5.97. The number of thiophene rings is 1. The van der Waals surface area contributed by atoms with Crippen molar-refractivity contribution in [3.05, 3.63) is 65.2 Å². The monoisotopic (exact) mass is 381 g/mol. The number of aromatic amines is 1. The van der Waals surface area contributed by atoms with Crippen LogP contribution >= 0.6 is 11.3 Å². The Labute approximate surface area is 158 Å². The molecule has 4 aromatic rings. The third-order valence-electron chi connectivity index (χ3n) is 4.11. The Bertz CT molecular complexity index is 1060. The molecule has 0 radical (unpaired) electrons. The first-order chi connectivity index (χ1) is 13.2. The number of pyridine rings is 2. The Morgan fingerprint density at radius 1 is 1.22 bits per heavy atom. The van der Waals surface area contributed by atoms with Crippen LogP contribution < -0.4 is 5.32 Å². The first-order valence-corrected chi connectivity index (χ1v) is 9.36. The first-order valence-electron chi connectivity index (χ1n) is 8.48. The van der Waals surface area contributed by atoms with Gasteiger partial charge in [0.25, 0.3) is 5.91 Å². The van der Waals surface area contributed by atoms with Crippen LogP contribution in [0.4, 0.5) is 4.39 Å². The van der Waals surface area contributed by atoms with Crippen molar-refractivity contribution in [2.45, 2.75) is 12.8 Å². The molecule has 27 heavy (non-hydrogen) atoms. The van der Waals surface area contributed by atoms with E-state index in [0.29, 0.717) is 35.5 Å². The summed E-state index contributed by atoms with van der Waals surface area (Å²) in [5, 5.41) is 4.88. The molecule has 0 bridgehead atoms. The number of amides is 1. The molecule has 0 aliphatic heterocycles. The van der Waals surface area contributed by atoms with Gasteiger partial charge < -0.3 is 10.3 Å². The summed E-state index contributed by atoms with van der Waals surface area (Å²) in [7, 11) is 0. The normalized spacial score (nSPS) is 11.0. The van der Waals surface area contributed by atoms with E-state index in [1.807, 2.05) is 17.5 Å². The van der Waals surface area contributed by atoms with Crippen molar-refractivity contribution in [3.8, 4) is 10.7 Å². The molecule has 0 unspecified atom stereocenters. The highest BCUT2D eigenvalue weighted by Crippen LogP contribution is 2.25. The third-order valence-corrected chi connectivity index (χ3v) is 4.98. The molecule has 136 valence electrons. The molecular formula is C19H16FN5OS. The highest BCUT2D eigenvalue weighted by atomic mass is 32.1. The Morgan fingerprint density at radius 3 is 2.93 bits per heavy atom. The number of H-pyrrole nitrogens is 1. The van der Waals surface area contributed by atoms with Gasteiger partial charge in [0.1, 0.15) is 0 Å². The minimum atomic E-state index is -0.491. The number of fused-ring (bicyclic) bond motifs is 1. The van der Waals surface area contributed by atoms with E-state index < -0.39 is 5.95 Å². The maximum atomic E-state index is 12.8. The number of aryl methyl sites for hydroxylation is 1. The maximum absolute atomic E-state index is 12.8. The van der Waals surface area contributed by atoms with Crippen molar-refractivity contribution < 1.29 is 9.18 Å². The van der Waals surface area contributed by atoms with E-state index in [9.17, 15) is 9.18 Å². The summed E-state index contributed by atoms with van der Waals surface area (Å²) in [5.41, 5.74) is 2.59. The van der Waals surface area contributed by atoms with Gasteiger partial charge in [0, 0.05) is 18.9 Å². The van der Waals surface area contributed by atoms with Gasteiger partial charge in [-0.25, -0.2) is 15.0 Å². The summed E-state index contributed by atoms with van der Waals surface area (Å²) < 4.78 is 12.8. The van der Waals surface area contributed by atoms with Crippen LogP contribution in [0.3, 0.4) is 0 Å². The lowest BCUT2D eigenvalue weighted by molar-refractivity contribution is 0.0954. The number of halogens is 1. The maximum Gasteiger partial charge on any atom is 0.253 e. The van der Waals surface area contributed by atoms with Gasteiger partial charge in [-0.2, -0.15) is 4.39 Å². The minimum absolute atomic E-state index is 0.180. The molecule has 0 fully saturated rings. The average molecular weight is 381 g/mol. The molecule has 0 saturated heterocycles. The Morgan fingerprint density at radius 2 is 2.15 bits per heavy atom. The van der Waals surface area contributed by atoms with Crippen molar-refractivity contribution in [3.63, 3.8) is 0 Å². The van der Waals surface area contributed by atoms with E-state index in [2.05, 4.69) is 25.3 Å². The lowest BCUT2D eigenvalue weighted by Crippen LogP contribution is -2.25. The van der Waals surface area contributed by atoms with Crippen LogP contribution in [0.25, 0.3) is 21.9 Å². The van der Waals surface area contributed by atoms with E-state index in [0.717, 1.165) is 16.9 Å². The van der Waals surface area contributed by atoms with Gasteiger partial charge in [0.05, 0.1) is 16.0 Å². The zero-order chi connectivity index (χ0) is 18.6. The van der Waals surface area contributed by atoms with Crippen LogP contribution in [-0.4, -0.2) is 32.4 Å². The molecule has 0 aliphatic carbocycles. The first kappa shape index (κ1) is 17.3. The topological polar surface area (TPSA) is 83.6 Å². The number of rotatable bonds is 6. The predicted octanol–water partition coefficient (Wildman–Crippen LogP) is 3.58. The van der Waals surface area contributed by atoms with Crippen molar-refractivity contribution in [2.24, 2.45) is 0 Å². The van der Waals surface area contributed by atoms with Crippen molar-refractivity contribution >= 4 is 28.4 Å². The number of carbonyl (C=O) groups is 1. The number of hydrogen-bond acceptors (Lipinski definition) is 5. The van der Waals surface area contributed by atoms with Crippen molar-refractivity contribution in [1.29, 1.82) is 0 Å². The smallest absolute Gasteiger partial charge is 0.253 e. The van der Waals surface area contributed by atoms with Gasteiger partial charge in [-0.05, 0) is 42.0 Å². The molecule has 4 aromatic heterocycles. The number of imidazole rings is 1. The lowest BCUT2D eigenvalue weighted by atomic mass is 10.1. The number of nitrogens with one attached hydrogen (secondary N) is 2. The number of aromatic nitrogens is 4. The second kappa shape index (κ2) is 7.63. The molecule has 0 spiro atoms. The average Bonchev–Trinajstić information content (AvgIpc) is 3.35. The van der Waals surface area contributed by atoms with Gasteiger partial charge in [0.15, 0.2) is 11.5 Å². The van der Waals surface area contributed by atoms with E-state index in [1.54, 1.807) is 29.7 Å². The molecule has 0 aliphatic rings. The van der Waals surface area contributed by atoms with E-state index >= 15 is 0 Å². The molecule has 0 saturated carbocycles. The summed E-state index contributed by atoms with van der Waals surface area (Å²) in [6.07, 6.45) is 4.54. The van der Waals surface area contributed by atoms with E-state index in [-0.39, 0.29) is 5.91 Å². The molecule has 0 atom stereocenters. The third kappa shape index (κ3) is 3.85. The predicted molar refractivity (Wildman–Crippen MR) is 102 cm³/mol. The van der Waals surface area contributed by atoms with Gasteiger partial charge in [0.2, 0.25) is 5.95 Å². The van der Waals surface area contributed by atoms with Crippen molar-refractivity contribution in [2.75, 3.05) is 6.54 Å². The minimum Gasteiger partial charge on any atom is -0.352 e. The van der Waals surface area contributed by atoms with Gasteiger partial charge >= 0.3 is 0 Å². The van der Waals surface area contributed by atoms with Crippen LogP contribution in [0.2, 0.25) is 0 Å². The molecule has 4 rings (SSSR count). The lowest BCUT2D eigenvalue weighted by Gasteiger charge is -2.06. The number of nitrogens with zero attached hydrogens (tertiary/aromatic N) is 3. The Kier molecular flexibility index (Phi) is 4.88. The molecule has 8 heteroatoms. The second-order valence-corrected chi connectivity index (χ2v) is 6.92. The number of carbonyl (C=O) groups excluding carboxylic acids is 1. The summed E-state index contributed by atoms with van der Waals surface area (Å²) in [6, 6.07) is 8.63. The highest BCUT2D eigenvalue weighted by molar-refractivity contribution is 7.13. The SMILES string of the molecule is O=C(NCCCc1ccc(F)nc1)c1ccnc2nc(-c3cccs3)[nH]c12. The van der Waals surface area contributed by atoms with Gasteiger partial charge in [-0.1, -0.05) is 12.1 Å². The van der Waals surface area contributed by atoms with Crippen LogP contribution in [-0.2, 0) is 6.42 Å². The Balaban J connectivity index is 1.42. The van der Waals surface area contributed by atoms with Crippen LogP contribution in [0.15, 0.2) is 48.1 Å². The molecule has 4 heterocycles. The fraction of sp³-hybridized carbons (Fsp3) is 0.158. The zero-order valence-corrected chi connectivity index (χ0v) is 15.1. The molecule has 1 amide bonds. The molecule has 2 N–H and O–H groups in total. The van der Waals surface area contributed by atoms with E-state index in [1.165, 1.54) is 12.3 Å². The summed E-state index contributed by atoms with van der Waals surface area (Å²) in [4.78, 5) is 29.1. The van der Waals surface area contributed by atoms with Gasteiger partial charge in [-0.3, -0.25) is 4.79 Å². The van der Waals surface area contributed by atoms with Crippen LogP contribution in [0.5, 0.6) is 0 Å². The fourth-order valence-corrected chi connectivity index (χ4v) is 3.44. The Hall–Kier alpha value is -3.13. The quantitative estimate of drug-likeness (QED) is 0.395. The van der Waals surface area contributed by atoms with Crippen molar-refractivity contribution in [1.82, 2.24) is 25.3 Å². The summed E-state index contributed by atoms with van der Waals surface area (Å²) in [5.74, 6) is 0.0350. The molecule has 0 aromatic carbocycles. The molecule has 6 nitrogen and oxygen atoms in total. The standard InChI is InChI=1S/C19H16FN5OS/c20-15-6-5-12(11-23-15)3-1-8-22-19(26)13-7-9-21-18-16(13)24-17(25-18)14-4-2-10-27-14/h2,4-7,9-11H,1,3,8H2,(H,22,26)(H,21,24,25). The van der Waals surface area contributed by atoms with E-state index in [4.69, 9.17) is 0 Å². The highest BCUT2D eigenvalue weighted by Gasteiger charge is 2.15.